The van der Waals surface area contributed by atoms with Crippen LogP contribution in [0.2, 0.25) is 0 Å². The van der Waals surface area contributed by atoms with Gasteiger partial charge in [0.2, 0.25) is 0 Å². The predicted octanol–water partition coefficient (Wildman–Crippen LogP) is 4.72. The summed E-state index contributed by atoms with van der Waals surface area (Å²) >= 11 is 0. The highest BCUT2D eigenvalue weighted by atomic mass is 32.2. The molecule has 1 amide bonds. The van der Waals surface area contributed by atoms with Gasteiger partial charge in [-0.25, -0.2) is 4.79 Å². The fraction of sp³-hybridized carbons (Fsp3) is 0.192. The molecule has 0 aliphatic carbocycles. The maximum Gasteiger partial charge on any atom is 0.407 e. The van der Waals surface area contributed by atoms with Gasteiger partial charge in [0.25, 0.3) is 10.1 Å². The molecule has 34 heavy (non-hydrogen) atoms. The van der Waals surface area contributed by atoms with E-state index in [0.717, 1.165) is 27.6 Å². The Bertz CT molecular complexity index is 1350. The van der Waals surface area contributed by atoms with Crippen LogP contribution in [-0.4, -0.2) is 32.1 Å². The second kappa shape index (κ2) is 10.5. The maximum atomic E-state index is 12.7. The van der Waals surface area contributed by atoms with Crippen molar-refractivity contribution in [2.75, 3.05) is 6.61 Å². The number of alkyl carbamates (subject to hydrolysis) is 1. The monoisotopic (exact) mass is 478 g/mol. The lowest BCUT2D eigenvalue weighted by atomic mass is 10.1. The molecule has 4 rings (SSSR count). The van der Waals surface area contributed by atoms with E-state index in [0.29, 0.717) is 6.42 Å². The Kier molecular flexibility index (Phi) is 7.30. The predicted molar refractivity (Wildman–Crippen MR) is 130 cm³/mol. The van der Waals surface area contributed by atoms with Crippen molar-refractivity contribution in [1.82, 2.24) is 10.3 Å². The molecule has 0 bridgehead atoms. The van der Waals surface area contributed by atoms with Crippen LogP contribution in [0.25, 0.3) is 10.9 Å². The fourth-order valence-corrected chi connectivity index (χ4v) is 4.54. The number of H-pyrrole nitrogens is 1. The zero-order valence-electron chi connectivity index (χ0n) is 18.7. The third kappa shape index (κ3) is 6.03. The Morgan fingerprint density at radius 1 is 0.971 bits per heavy atom. The van der Waals surface area contributed by atoms with Crippen molar-refractivity contribution in [2.45, 2.75) is 30.9 Å². The van der Waals surface area contributed by atoms with Crippen LogP contribution < -0.4 is 5.32 Å². The van der Waals surface area contributed by atoms with Crippen LogP contribution >= 0.6 is 0 Å². The molecule has 1 aromatic heterocycles. The van der Waals surface area contributed by atoms with Crippen LogP contribution in [-0.2, 0) is 32.1 Å². The lowest BCUT2D eigenvalue weighted by molar-refractivity contribution is 0.131. The van der Waals surface area contributed by atoms with E-state index in [-0.39, 0.29) is 18.1 Å². The van der Waals surface area contributed by atoms with Crippen LogP contribution in [0.4, 0.5) is 4.79 Å². The highest BCUT2D eigenvalue weighted by molar-refractivity contribution is 7.86. The lowest BCUT2D eigenvalue weighted by Gasteiger charge is -2.18. The summed E-state index contributed by atoms with van der Waals surface area (Å²) in [7, 11) is -3.98. The van der Waals surface area contributed by atoms with E-state index in [1.807, 2.05) is 67.7 Å². The third-order valence-electron chi connectivity index (χ3n) is 5.41. The van der Waals surface area contributed by atoms with E-state index < -0.39 is 22.3 Å². The molecular formula is C26H26N2O5S. The zero-order chi connectivity index (χ0) is 24.0. The van der Waals surface area contributed by atoms with E-state index in [9.17, 15) is 13.2 Å². The summed E-state index contributed by atoms with van der Waals surface area (Å²) in [6.45, 7) is 1.74. The van der Waals surface area contributed by atoms with Gasteiger partial charge < -0.3 is 15.0 Å². The van der Waals surface area contributed by atoms with Crippen LogP contribution in [0, 0.1) is 6.92 Å². The van der Waals surface area contributed by atoms with Crippen molar-refractivity contribution in [1.29, 1.82) is 0 Å². The van der Waals surface area contributed by atoms with Gasteiger partial charge in [0, 0.05) is 17.1 Å². The average Bonchev–Trinajstić information content (AvgIpc) is 3.25. The number of benzene rings is 3. The molecule has 3 aromatic carbocycles. The standard InChI is InChI=1S/C26H26N2O5S/c1-19-11-13-23(14-12-19)34(30,31)33-18-22(15-21-16-27-25-10-6-5-9-24(21)25)28-26(29)32-17-20-7-3-2-4-8-20/h2-14,16,22,27H,15,17-18H2,1H3,(H,28,29)/t22-/m0/s1. The Balaban J connectivity index is 1.47. The van der Waals surface area contributed by atoms with Gasteiger partial charge in [0.15, 0.2) is 0 Å². The summed E-state index contributed by atoms with van der Waals surface area (Å²) in [5, 5.41) is 3.75. The first-order chi connectivity index (χ1) is 16.4. The summed E-state index contributed by atoms with van der Waals surface area (Å²) < 4.78 is 36.0. The lowest BCUT2D eigenvalue weighted by Crippen LogP contribution is -2.40. The number of aromatic amines is 1. The van der Waals surface area contributed by atoms with E-state index in [2.05, 4.69) is 10.3 Å². The molecule has 1 heterocycles. The number of carbonyl (C=O) groups excluding carboxylic acids is 1. The minimum absolute atomic E-state index is 0.0654. The first-order valence-corrected chi connectivity index (χ1v) is 12.3. The summed E-state index contributed by atoms with van der Waals surface area (Å²) in [4.78, 5) is 15.8. The fourth-order valence-electron chi connectivity index (χ4n) is 3.59. The minimum Gasteiger partial charge on any atom is -0.445 e. The van der Waals surface area contributed by atoms with Crippen LogP contribution in [0.3, 0.4) is 0 Å². The molecule has 8 heteroatoms. The number of nitrogens with one attached hydrogen (secondary N) is 2. The van der Waals surface area contributed by atoms with Crippen molar-refractivity contribution < 1.29 is 22.1 Å². The molecule has 2 N–H and O–H groups in total. The molecular weight excluding hydrogens is 452 g/mol. The number of hydrogen-bond donors (Lipinski definition) is 2. The summed E-state index contributed by atoms with van der Waals surface area (Å²) in [6.07, 6.45) is 1.56. The van der Waals surface area contributed by atoms with Gasteiger partial charge in [0.05, 0.1) is 17.5 Å². The zero-order valence-corrected chi connectivity index (χ0v) is 19.5. The molecule has 0 aliphatic rings. The van der Waals surface area contributed by atoms with Gasteiger partial charge in [0.1, 0.15) is 6.61 Å². The quantitative estimate of drug-likeness (QED) is 0.339. The van der Waals surface area contributed by atoms with Crippen molar-refractivity contribution in [2.24, 2.45) is 0 Å². The number of aryl methyl sites for hydroxylation is 1. The largest absolute Gasteiger partial charge is 0.445 e. The number of rotatable bonds is 9. The van der Waals surface area contributed by atoms with E-state index in [1.165, 1.54) is 12.1 Å². The number of para-hydroxylation sites is 1. The first-order valence-electron chi connectivity index (χ1n) is 10.9. The summed E-state index contributed by atoms with van der Waals surface area (Å²) in [5.74, 6) is 0. The SMILES string of the molecule is Cc1ccc(S(=O)(=O)OC[C@H](Cc2c[nH]c3ccccc23)NC(=O)OCc2ccccc2)cc1. The van der Waals surface area contributed by atoms with Crippen LogP contribution in [0.1, 0.15) is 16.7 Å². The number of hydrogen-bond acceptors (Lipinski definition) is 5. The second-order valence-electron chi connectivity index (χ2n) is 8.02. The van der Waals surface area contributed by atoms with Gasteiger partial charge in [-0.05, 0) is 42.7 Å². The average molecular weight is 479 g/mol. The summed E-state index contributed by atoms with van der Waals surface area (Å²) in [6, 6.07) is 22.9. The van der Waals surface area contributed by atoms with Gasteiger partial charge in [-0.2, -0.15) is 8.42 Å². The van der Waals surface area contributed by atoms with Crippen molar-refractivity contribution in [3.63, 3.8) is 0 Å². The van der Waals surface area contributed by atoms with Crippen molar-refractivity contribution >= 4 is 27.1 Å². The number of aromatic nitrogens is 1. The van der Waals surface area contributed by atoms with E-state index >= 15 is 0 Å². The normalized spacial score (nSPS) is 12.4. The first kappa shape index (κ1) is 23.5. The van der Waals surface area contributed by atoms with E-state index in [4.69, 9.17) is 8.92 Å². The Labute approximate surface area is 198 Å². The molecule has 176 valence electrons. The van der Waals surface area contributed by atoms with Crippen molar-refractivity contribution in [3.05, 3.63) is 102 Å². The second-order valence-corrected chi connectivity index (χ2v) is 9.63. The highest BCUT2D eigenvalue weighted by Gasteiger charge is 2.22. The van der Waals surface area contributed by atoms with Gasteiger partial charge in [-0.3, -0.25) is 4.18 Å². The highest BCUT2D eigenvalue weighted by Crippen LogP contribution is 2.20. The topological polar surface area (TPSA) is 97.5 Å². The molecule has 0 aliphatic heterocycles. The minimum atomic E-state index is -3.98. The number of carbonyl (C=O) groups is 1. The maximum absolute atomic E-state index is 12.7. The molecule has 0 fully saturated rings. The van der Waals surface area contributed by atoms with E-state index in [1.54, 1.807) is 12.1 Å². The smallest absolute Gasteiger partial charge is 0.407 e. The van der Waals surface area contributed by atoms with Crippen molar-refractivity contribution in [3.8, 4) is 0 Å². The number of ether oxygens (including phenoxy) is 1. The van der Waals surface area contributed by atoms with Gasteiger partial charge in [-0.15, -0.1) is 0 Å². The molecule has 1 atom stereocenters. The molecule has 0 unspecified atom stereocenters. The molecule has 0 saturated heterocycles. The molecule has 7 nitrogen and oxygen atoms in total. The molecule has 0 radical (unpaired) electrons. The Morgan fingerprint density at radius 3 is 2.44 bits per heavy atom. The van der Waals surface area contributed by atoms with Gasteiger partial charge >= 0.3 is 6.09 Å². The Morgan fingerprint density at radius 2 is 1.68 bits per heavy atom. The Hall–Kier alpha value is -3.62. The molecule has 4 aromatic rings. The molecule has 0 saturated carbocycles. The number of fused-ring (bicyclic) bond motifs is 1. The van der Waals surface area contributed by atoms with Gasteiger partial charge in [-0.1, -0.05) is 66.2 Å². The molecule has 0 spiro atoms. The third-order valence-corrected chi connectivity index (χ3v) is 6.71. The summed E-state index contributed by atoms with van der Waals surface area (Å²) in [5.41, 5.74) is 3.68. The van der Waals surface area contributed by atoms with Crippen LogP contribution in [0.5, 0.6) is 0 Å². The van der Waals surface area contributed by atoms with Crippen LogP contribution in [0.15, 0.2) is 90.0 Å². The number of amides is 1.